The van der Waals surface area contributed by atoms with Crippen LogP contribution < -0.4 is 5.46 Å². The average molecular weight is 402 g/mol. The molecule has 0 bridgehead atoms. The first-order chi connectivity index (χ1) is 14.8. The molecule has 1 fully saturated rings. The van der Waals surface area contributed by atoms with Gasteiger partial charge in [-0.25, -0.2) is 0 Å². The van der Waals surface area contributed by atoms with Gasteiger partial charge in [0, 0.05) is 0 Å². The highest BCUT2D eigenvalue weighted by Crippen LogP contribution is 2.52. The third-order valence-corrected chi connectivity index (χ3v) is 8.02. The van der Waals surface area contributed by atoms with Gasteiger partial charge in [-0.1, -0.05) is 137 Å². The highest BCUT2D eigenvalue weighted by molar-refractivity contribution is 6.74. The Morgan fingerprint density at radius 1 is 0.581 bits per heavy atom. The van der Waals surface area contributed by atoms with E-state index in [1.165, 1.54) is 51.1 Å². The summed E-state index contributed by atoms with van der Waals surface area (Å²) in [6.07, 6.45) is 2.53. The fourth-order valence-corrected chi connectivity index (χ4v) is 5.38. The van der Waals surface area contributed by atoms with Gasteiger partial charge in [-0.05, 0) is 43.9 Å². The minimum absolute atomic E-state index is 0.383. The number of benzene rings is 4. The maximum Gasteiger partial charge on any atom is 0.176 e. The fourth-order valence-electron chi connectivity index (χ4n) is 5.38. The van der Waals surface area contributed by atoms with E-state index in [9.17, 15) is 0 Å². The smallest absolute Gasteiger partial charge is 0.0794 e. The van der Waals surface area contributed by atoms with Gasteiger partial charge < -0.3 is 0 Å². The Labute approximate surface area is 187 Å². The predicted octanol–water partition coefficient (Wildman–Crippen LogP) is 7.94. The number of fused-ring (bicyclic) bond motifs is 1. The van der Waals surface area contributed by atoms with Crippen molar-refractivity contribution in [2.45, 2.75) is 40.3 Å². The summed E-state index contributed by atoms with van der Waals surface area (Å²) < 4.78 is 0. The summed E-state index contributed by atoms with van der Waals surface area (Å²) in [4.78, 5) is 0. The van der Waals surface area contributed by atoms with Crippen molar-refractivity contribution in [3.8, 4) is 22.3 Å². The van der Waals surface area contributed by atoms with Gasteiger partial charge in [0.05, 0.1) is 0 Å². The molecular weight excluding hydrogens is 371 g/mol. The third kappa shape index (κ3) is 3.61. The van der Waals surface area contributed by atoms with Gasteiger partial charge in [0.25, 0.3) is 0 Å². The van der Waals surface area contributed by atoms with Crippen LogP contribution in [0, 0.1) is 10.8 Å². The van der Waals surface area contributed by atoms with E-state index in [0.29, 0.717) is 17.5 Å². The molecule has 4 aromatic rings. The van der Waals surface area contributed by atoms with Crippen LogP contribution in [-0.4, -0.2) is 6.71 Å². The highest BCUT2D eigenvalue weighted by Gasteiger charge is 2.47. The maximum atomic E-state index is 2.43. The Balaban J connectivity index is 1.45. The van der Waals surface area contributed by atoms with Gasteiger partial charge in [0.2, 0.25) is 0 Å². The largest absolute Gasteiger partial charge is 0.176 e. The van der Waals surface area contributed by atoms with E-state index in [0.717, 1.165) is 0 Å². The molecule has 0 unspecified atom stereocenters. The van der Waals surface area contributed by atoms with Crippen LogP contribution in [0.5, 0.6) is 0 Å². The zero-order valence-electron chi connectivity index (χ0n) is 19.2. The first kappa shape index (κ1) is 20.1. The molecule has 0 N–H and O–H groups in total. The molecule has 0 aliphatic carbocycles. The monoisotopic (exact) mass is 402 g/mol. The molecular formula is C30H31B. The molecule has 5 rings (SSSR count). The first-order valence-corrected chi connectivity index (χ1v) is 11.5. The maximum absolute atomic E-state index is 2.43. The molecule has 1 saturated heterocycles. The zero-order chi connectivity index (χ0) is 21.6. The van der Waals surface area contributed by atoms with Gasteiger partial charge in [0.1, 0.15) is 0 Å². The topological polar surface area (TPSA) is 0 Å². The number of rotatable bonds is 3. The summed E-state index contributed by atoms with van der Waals surface area (Å²) in [5.41, 5.74) is 7.45. The van der Waals surface area contributed by atoms with Gasteiger partial charge in [0.15, 0.2) is 6.71 Å². The molecule has 31 heavy (non-hydrogen) atoms. The number of hydrogen-bond donors (Lipinski definition) is 0. The summed E-state index contributed by atoms with van der Waals surface area (Å²) in [6, 6.07) is 33.5. The lowest BCUT2D eigenvalue weighted by molar-refractivity contribution is 0.177. The van der Waals surface area contributed by atoms with Gasteiger partial charge in [-0.15, -0.1) is 0 Å². The minimum Gasteiger partial charge on any atom is -0.0794 e. The van der Waals surface area contributed by atoms with Crippen LogP contribution in [0.15, 0.2) is 91.0 Å². The summed E-state index contributed by atoms with van der Waals surface area (Å²) in [6.45, 7) is 10.4. The quantitative estimate of drug-likeness (QED) is 0.305. The van der Waals surface area contributed by atoms with E-state index in [2.05, 4.69) is 119 Å². The first-order valence-electron chi connectivity index (χ1n) is 11.5. The van der Waals surface area contributed by atoms with Gasteiger partial charge >= 0.3 is 0 Å². The summed E-state index contributed by atoms with van der Waals surface area (Å²) in [5, 5.41) is 2.60. The molecule has 1 aliphatic rings. The van der Waals surface area contributed by atoms with E-state index >= 15 is 0 Å². The molecule has 0 nitrogen and oxygen atoms in total. The van der Waals surface area contributed by atoms with Crippen LogP contribution in [0.2, 0.25) is 12.6 Å². The Bertz CT molecular complexity index is 1210. The molecule has 0 atom stereocenters. The van der Waals surface area contributed by atoms with Crippen LogP contribution in [0.1, 0.15) is 27.7 Å². The molecule has 1 heterocycles. The zero-order valence-corrected chi connectivity index (χ0v) is 19.2. The van der Waals surface area contributed by atoms with Crippen LogP contribution >= 0.6 is 0 Å². The Morgan fingerprint density at radius 3 is 1.94 bits per heavy atom. The molecule has 0 saturated carbocycles. The van der Waals surface area contributed by atoms with Crippen molar-refractivity contribution in [1.29, 1.82) is 0 Å². The van der Waals surface area contributed by atoms with Crippen molar-refractivity contribution in [3.05, 3.63) is 91.0 Å². The molecule has 154 valence electrons. The van der Waals surface area contributed by atoms with E-state index in [4.69, 9.17) is 0 Å². The second-order valence-corrected chi connectivity index (χ2v) is 10.6. The summed E-state index contributed by atoms with van der Waals surface area (Å²) in [7, 11) is 0. The second kappa shape index (κ2) is 7.41. The third-order valence-electron chi connectivity index (χ3n) is 8.02. The normalized spacial score (nSPS) is 17.2. The van der Waals surface area contributed by atoms with E-state index in [1.807, 2.05) is 0 Å². The van der Waals surface area contributed by atoms with Gasteiger partial charge in [-0.3, -0.25) is 0 Å². The van der Waals surface area contributed by atoms with E-state index in [1.54, 1.807) is 0 Å². The Kier molecular flexibility index (Phi) is 4.81. The number of hydrogen-bond acceptors (Lipinski definition) is 0. The molecule has 0 radical (unpaired) electrons. The van der Waals surface area contributed by atoms with Crippen molar-refractivity contribution in [2.24, 2.45) is 10.8 Å². The second-order valence-electron chi connectivity index (χ2n) is 10.6. The lowest BCUT2D eigenvalue weighted by Crippen LogP contribution is -2.27. The van der Waals surface area contributed by atoms with Crippen LogP contribution in [-0.2, 0) is 0 Å². The van der Waals surface area contributed by atoms with Crippen molar-refractivity contribution in [1.82, 2.24) is 0 Å². The molecule has 0 spiro atoms. The SMILES string of the molecule is CC1(C)CB(c2cccc(-c3ccc(-c4cccc5ccccc45)cc3)c2)CC1(C)C. The van der Waals surface area contributed by atoms with Gasteiger partial charge in [-0.2, -0.15) is 0 Å². The van der Waals surface area contributed by atoms with Crippen LogP contribution in [0.4, 0.5) is 0 Å². The van der Waals surface area contributed by atoms with Crippen molar-refractivity contribution in [2.75, 3.05) is 0 Å². The molecule has 1 aliphatic heterocycles. The average Bonchev–Trinajstić information content (AvgIpc) is 3.00. The highest BCUT2D eigenvalue weighted by atomic mass is 14.4. The molecule has 0 amide bonds. The van der Waals surface area contributed by atoms with E-state index < -0.39 is 0 Å². The molecule has 0 aromatic heterocycles. The van der Waals surface area contributed by atoms with Crippen LogP contribution in [0.25, 0.3) is 33.0 Å². The van der Waals surface area contributed by atoms with Crippen molar-refractivity contribution >= 4 is 22.9 Å². The standard InChI is InChI=1S/C30H31B/c1-29(2)20-31(21-30(29,3)4)26-12-7-11-25(19-26)22-15-17-24(18-16-22)28-14-8-10-23-9-5-6-13-27(23)28/h5-19H,20-21H2,1-4H3. The molecule has 1 heteroatoms. The predicted molar refractivity (Wildman–Crippen MR) is 137 cm³/mol. The summed E-state index contributed by atoms with van der Waals surface area (Å²) >= 11 is 0. The van der Waals surface area contributed by atoms with E-state index in [-0.39, 0.29) is 0 Å². The minimum atomic E-state index is 0.383. The lowest BCUT2D eigenvalue weighted by Gasteiger charge is -2.35. The van der Waals surface area contributed by atoms with Crippen molar-refractivity contribution in [3.63, 3.8) is 0 Å². The fraction of sp³-hybridized carbons (Fsp3) is 0.267. The van der Waals surface area contributed by atoms with Crippen molar-refractivity contribution < 1.29 is 0 Å². The lowest BCUT2D eigenvalue weighted by atomic mass is 9.42. The van der Waals surface area contributed by atoms with Crippen LogP contribution in [0.3, 0.4) is 0 Å². The summed E-state index contributed by atoms with van der Waals surface area (Å²) in [5.74, 6) is 0. The molecule has 4 aromatic carbocycles. The Morgan fingerprint density at radius 2 is 1.19 bits per heavy atom. The Hall–Kier alpha value is -2.80.